The lowest BCUT2D eigenvalue weighted by Gasteiger charge is -2.61. The molecule has 2 bridgehead atoms. The Kier molecular flexibility index (Phi) is 7.84. The first-order valence-electron chi connectivity index (χ1n) is 15.7. The van der Waals surface area contributed by atoms with E-state index in [1.54, 1.807) is 37.5 Å². The van der Waals surface area contributed by atoms with Crippen LogP contribution < -0.4 is 15.8 Å². The van der Waals surface area contributed by atoms with Crippen LogP contribution in [0, 0.1) is 22.7 Å². The lowest BCUT2D eigenvalue weighted by atomic mass is 9.50. The standard InChI is InChI=1S/C35H34Cl2N8O3/c1-34(2,3)18-40-29-21(15-38)16-39-30-26(29)10-22(11-27(30)37)45(33(47)48-19-36)31(28-17-44(42-41-28)35-12-20(13-35)14-35)24-6-5-7-25-23(24)8-9-43(4)32(25)46/h5-11,16-17,20,31H,12-14,18-19H2,1-4H3,(H,39,40). The molecule has 8 rings (SSSR count). The van der Waals surface area contributed by atoms with E-state index >= 15 is 0 Å². The van der Waals surface area contributed by atoms with Gasteiger partial charge in [0.1, 0.15) is 17.8 Å². The monoisotopic (exact) mass is 684 g/mol. The lowest BCUT2D eigenvalue weighted by Crippen LogP contribution is -2.59. The van der Waals surface area contributed by atoms with Gasteiger partial charge in [0.05, 0.1) is 39.2 Å². The summed E-state index contributed by atoms with van der Waals surface area (Å²) in [6.45, 7) is 6.81. The average Bonchev–Trinajstić information content (AvgIpc) is 3.47. The van der Waals surface area contributed by atoms with Crippen LogP contribution in [-0.2, 0) is 17.3 Å². The highest BCUT2D eigenvalue weighted by molar-refractivity contribution is 6.36. The number of aryl methyl sites for hydroxylation is 1. The van der Waals surface area contributed by atoms with Gasteiger partial charge in [0.15, 0.2) is 6.07 Å². The minimum atomic E-state index is -0.913. The maximum Gasteiger partial charge on any atom is 0.416 e. The Morgan fingerprint density at radius 3 is 2.65 bits per heavy atom. The van der Waals surface area contributed by atoms with Crippen LogP contribution in [0.4, 0.5) is 16.2 Å². The molecule has 1 amide bonds. The van der Waals surface area contributed by atoms with Crippen LogP contribution in [0.3, 0.4) is 0 Å². The third kappa shape index (κ3) is 5.33. The van der Waals surface area contributed by atoms with Gasteiger partial charge in [-0.05, 0) is 65.8 Å². The number of aromatic nitrogens is 5. The molecular formula is C35H34Cl2N8O3. The second-order valence-corrected chi connectivity index (χ2v) is 14.6. The normalized spacial score (nSPS) is 18.9. The largest absolute Gasteiger partial charge is 0.433 e. The van der Waals surface area contributed by atoms with Crippen molar-refractivity contribution in [1.82, 2.24) is 24.5 Å². The van der Waals surface area contributed by atoms with Gasteiger partial charge in [-0.15, -0.1) is 5.10 Å². The van der Waals surface area contributed by atoms with Gasteiger partial charge < -0.3 is 14.6 Å². The highest BCUT2D eigenvalue weighted by Gasteiger charge is 2.59. The molecule has 1 unspecified atom stereocenters. The molecule has 246 valence electrons. The first-order valence-corrected chi connectivity index (χ1v) is 16.6. The van der Waals surface area contributed by atoms with Gasteiger partial charge >= 0.3 is 6.09 Å². The van der Waals surface area contributed by atoms with Crippen LogP contribution in [0.1, 0.15) is 62.9 Å². The van der Waals surface area contributed by atoms with Crippen LogP contribution in [0.25, 0.3) is 21.7 Å². The molecule has 0 spiro atoms. The van der Waals surface area contributed by atoms with E-state index in [0.717, 1.165) is 19.3 Å². The first kappa shape index (κ1) is 31.9. The summed E-state index contributed by atoms with van der Waals surface area (Å²) in [6, 6.07) is 11.6. The Morgan fingerprint density at radius 1 is 1.21 bits per heavy atom. The fourth-order valence-electron chi connectivity index (χ4n) is 6.91. The van der Waals surface area contributed by atoms with Crippen LogP contribution in [0.15, 0.2) is 59.8 Å². The van der Waals surface area contributed by atoms with E-state index in [4.69, 9.17) is 27.9 Å². The molecule has 1 N–H and O–H groups in total. The molecule has 0 aliphatic heterocycles. The molecule has 3 saturated carbocycles. The number of nitrogens with zero attached hydrogens (tertiary/aromatic N) is 7. The quantitative estimate of drug-likeness (QED) is 0.171. The lowest BCUT2D eigenvalue weighted by molar-refractivity contribution is -0.0989. The van der Waals surface area contributed by atoms with Crippen molar-refractivity contribution < 1.29 is 9.53 Å². The molecule has 48 heavy (non-hydrogen) atoms. The Labute approximate surface area is 287 Å². The molecule has 3 heterocycles. The molecule has 3 fully saturated rings. The molecule has 3 aliphatic carbocycles. The zero-order valence-corrected chi connectivity index (χ0v) is 28.5. The van der Waals surface area contributed by atoms with E-state index in [-0.39, 0.29) is 21.5 Å². The number of nitrogens with one attached hydrogen (secondary N) is 1. The van der Waals surface area contributed by atoms with Crippen LogP contribution in [-0.4, -0.2) is 43.2 Å². The SMILES string of the molecule is Cn1ccc2c(C(c3cn(C45CC(C4)C5)nn3)N(C(=O)OCCl)c3cc(Cl)c4ncc(C#N)c(NCC(C)(C)C)c4c3)cccc2c1=O. The van der Waals surface area contributed by atoms with E-state index in [0.29, 0.717) is 62.3 Å². The predicted molar refractivity (Wildman–Crippen MR) is 185 cm³/mol. The highest BCUT2D eigenvalue weighted by Crippen LogP contribution is 2.62. The summed E-state index contributed by atoms with van der Waals surface area (Å²) >= 11 is 12.9. The topological polar surface area (TPSA) is 131 Å². The number of fused-ring (bicyclic) bond motifs is 2. The summed E-state index contributed by atoms with van der Waals surface area (Å²) in [5.41, 5.74) is 2.45. The number of hydrogen-bond donors (Lipinski definition) is 1. The zero-order chi connectivity index (χ0) is 34.0. The number of anilines is 2. The first-order chi connectivity index (χ1) is 22.9. The van der Waals surface area contributed by atoms with E-state index in [2.05, 4.69) is 47.5 Å². The van der Waals surface area contributed by atoms with Crippen molar-refractivity contribution in [2.75, 3.05) is 22.8 Å². The van der Waals surface area contributed by atoms with E-state index in [1.807, 2.05) is 23.0 Å². The number of hydrogen-bond acceptors (Lipinski definition) is 8. The van der Waals surface area contributed by atoms with Crippen LogP contribution in [0.5, 0.6) is 0 Å². The third-order valence-corrected chi connectivity index (χ3v) is 9.87. The third-order valence-electron chi connectivity index (χ3n) is 9.47. The number of ether oxygens (including phenoxy) is 1. The highest BCUT2D eigenvalue weighted by atomic mass is 35.5. The molecular weight excluding hydrogens is 651 g/mol. The number of carbonyl (C=O) groups excluding carboxylic acids is 1. The van der Waals surface area contributed by atoms with E-state index in [9.17, 15) is 14.9 Å². The smallest absolute Gasteiger partial charge is 0.416 e. The molecule has 13 heteroatoms. The zero-order valence-electron chi connectivity index (χ0n) is 27.0. The van der Waals surface area contributed by atoms with Gasteiger partial charge in [-0.2, -0.15) is 5.26 Å². The number of carbonyl (C=O) groups is 1. The number of rotatable bonds is 8. The molecule has 2 aromatic carbocycles. The number of alkyl halides is 1. The van der Waals surface area contributed by atoms with Crippen molar-refractivity contribution in [1.29, 1.82) is 5.26 Å². The second-order valence-electron chi connectivity index (χ2n) is 14.0. The predicted octanol–water partition coefficient (Wildman–Crippen LogP) is 7.10. The molecule has 0 saturated heterocycles. The van der Waals surface area contributed by atoms with E-state index in [1.165, 1.54) is 15.7 Å². The van der Waals surface area contributed by atoms with Crippen molar-refractivity contribution >= 4 is 62.3 Å². The number of benzene rings is 2. The van der Waals surface area contributed by atoms with Gasteiger partial charge in [-0.3, -0.25) is 14.7 Å². The van der Waals surface area contributed by atoms with Crippen LogP contribution >= 0.6 is 23.2 Å². The van der Waals surface area contributed by atoms with Crippen LogP contribution in [0.2, 0.25) is 5.02 Å². The Morgan fingerprint density at radius 2 is 1.98 bits per heavy atom. The minimum absolute atomic E-state index is 0.0596. The fourth-order valence-corrected chi connectivity index (χ4v) is 7.26. The summed E-state index contributed by atoms with van der Waals surface area (Å²) in [7, 11) is 1.69. The maximum atomic E-state index is 14.2. The van der Waals surface area contributed by atoms with Crippen molar-refractivity contribution in [3.8, 4) is 6.07 Å². The van der Waals surface area contributed by atoms with Crippen molar-refractivity contribution in [2.24, 2.45) is 18.4 Å². The number of halogens is 2. The van der Waals surface area contributed by atoms with Crippen molar-refractivity contribution in [2.45, 2.75) is 51.6 Å². The number of nitriles is 1. The van der Waals surface area contributed by atoms with Gasteiger partial charge in [-0.1, -0.05) is 61.3 Å². The number of amides is 1. The number of pyridine rings is 2. The minimum Gasteiger partial charge on any atom is -0.433 e. The molecule has 5 aromatic rings. The summed E-state index contributed by atoms with van der Waals surface area (Å²) in [4.78, 5) is 33.4. The fraction of sp³-hybridized carbons (Fsp3) is 0.371. The van der Waals surface area contributed by atoms with Gasteiger partial charge in [-0.25, -0.2) is 9.48 Å². The summed E-state index contributed by atoms with van der Waals surface area (Å²) in [5, 5.41) is 24.6. The van der Waals surface area contributed by atoms with Gasteiger partial charge in [0.2, 0.25) is 0 Å². The second kappa shape index (κ2) is 11.8. The molecule has 11 nitrogen and oxygen atoms in total. The maximum absolute atomic E-state index is 14.2. The molecule has 0 radical (unpaired) electrons. The summed E-state index contributed by atoms with van der Waals surface area (Å²) < 4.78 is 8.90. The Hall–Kier alpha value is -4.66. The van der Waals surface area contributed by atoms with Crippen molar-refractivity contribution in [3.05, 3.63) is 87.2 Å². The Bertz CT molecular complexity index is 2180. The molecule has 3 aliphatic rings. The van der Waals surface area contributed by atoms with Gasteiger partial charge in [0.25, 0.3) is 5.56 Å². The Balaban J connectivity index is 1.48. The van der Waals surface area contributed by atoms with E-state index < -0.39 is 18.2 Å². The summed E-state index contributed by atoms with van der Waals surface area (Å²) in [5.74, 6) is 0.714. The molecule has 3 aromatic heterocycles. The average molecular weight is 686 g/mol. The van der Waals surface area contributed by atoms with Crippen molar-refractivity contribution in [3.63, 3.8) is 0 Å². The summed E-state index contributed by atoms with van der Waals surface area (Å²) in [6.07, 6.45) is 7.43. The molecule has 1 atom stereocenters. The van der Waals surface area contributed by atoms with Gasteiger partial charge in [0, 0.05) is 36.8 Å².